The van der Waals surface area contributed by atoms with Gasteiger partial charge in [-0.3, -0.25) is 9.78 Å². The molecule has 0 radical (unpaired) electrons. The summed E-state index contributed by atoms with van der Waals surface area (Å²) < 4.78 is 32.6. The van der Waals surface area contributed by atoms with Crippen LogP contribution in [-0.2, 0) is 38.8 Å². The molecule has 0 bridgehead atoms. The van der Waals surface area contributed by atoms with E-state index in [0.29, 0.717) is 32.3 Å². The number of hydrogen-bond acceptors (Lipinski definition) is 5. The van der Waals surface area contributed by atoms with E-state index in [1.54, 1.807) is 43.5 Å². The average Bonchev–Trinajstić information content (AvgIpc) is 2.79. The molecule has 32 heavy (non-hydrogen) atoms. The van der Waals surface area contributed by atoms with Gasteiger partial charge in [0, 0.05) is 25.4 Å². The number of nitrogens with one attached hydrogen (secondary N) is 1. The fraction of sp³-hybridized carbons (Fsp3) is 0.280. The van der Waals surface area contributed by atoms with Crippen molar-refractivity contribution in [3.05, 3.63) is 95.3 Å². The van der Waals surface area contributed by atoms with Gasteiger partial charge >= 0.3 is 5.97 Å². The largest absolute Gasteiger partial charge is 0.466 e. The van der Waals surface area contributed by atoms with Gasteiger partial charge in [-0.15, -0.1) is 0 Å². The number of carbonyl (C=O) groups is 1. The Morgan fingerprint density at radius 2 is 1.66 bits per heavy atom. The molecule has 1 aromatic heterocycles. The highest BCUT2D eigenvalue weighted by Gasteiger charge is 2.13. The van der Waals surface area contributed by atoms with Gasteiger partial charge in [-0.25, -0.2) is 13.1 Å². The second-order valence-electron chi connectivity index (χ2n) is 7.46. The third-order valence-electron chi connectivity index (χ3n) is 4.93. The zero-order chi connectivity index (χ0) is 22.8. The number of aryl methyl sites for hydroxylation is 1. The first-order chi connectivity index (χ1) is 15.5. The average molecular weight is 453 g/mol. The Morgan fingerprint density at radius 3 is 2.34 bits per heavy atom. The third-order valence-corrected chi connectivity index (χ3v) is 6.40. The summed E-state index contributed by atoms with van der Waals surface area (Å²) in [4.78, 5) is 16.2. The van der Waals surface area contributed by atoms with Crippen LogP contribution in [0.2, 0.25) is 0 Å². The van der Waals surface area contributed by atoms with E-state index in [4.69, 9.17) is 4.74 Å². The maximum atomic E-state index is 12.5. The molecule has 3 aromatic rings. The molecule has 2 aromatic carbocycles. The Morgan fingerprint density at radius 1 is 0.938 bits per heavy atom. The third kappa shape index (κ3) is 7.28. The minimum atomic E-state index is -3.55. The standard InChI is InChI=1S/C25H28N2O4S/c1-2-31-25(28)11-10-20-15-21(17-23(16-20)18-22-7-6-13-26-19-22)12-14-27-32(29,30)24-8-4-3-5-9-24/h3-9,13,15-17,19,27H,2,10-12,14,18H2,1H3. The van der Waals surface area contributed by atoms with E-state index < -0.39 is 10.0 Å². The predicted octanol–water partition coefficient (Wildman–Crippen LogP) is 3.69. The lowest BCUT2D eigenvalue weighted by Crippen LogP contribution is -2.26. The number of nitrogens with zero attached hydrogens (tertiary/aromatic N) is 1. The second kappa shape index (κ2) is 11.5. The van der Waals surface area contributed by atoms with Crippen molar-refractivity contribution in [2.75, 3.05) is 13.2 Å². The number of pyridine rings is 1. The van der Waals surface area contributed by atoms with Crippen LogP contribution in [0.25, 0.3) is 0 Å². The maximum Gasteiger partial charge on any atom is 0.306 e. The minimum absolute atomic E-state index is 0.220. The molecule has 0 amide bonds. The van der Waals surface area contributed by atoms with Gasteiger partial charge in [0.05, 0.1) is 11.5 Å². The lowest BCUT2D eigenvalue weighted by Gasteiger charge is -2.11. The molecule has 0 aliphatic heterocycles. The number of aromatic nitrogens is 1. The Balaban J connectivity index is 1.72. The number of benzene rings is 2. The molecule has 0 atom stereocenters. The van der Waals surface area contributed by atoms with Crippen LogP contribution < -0.4 is 4.72 Å². The summed E-state index contributed by atoms with van der Waals surface area (Å²) >= 11 is 0. The first kappa shape index (κ1) is 23.6. The molecule has 0 unspecified atom stereocenters. The molecular formula is C25H28N2O4S. The summed E-state index contributed by atoms with van der Waals surface area (Å²) in [6, 6.07) is 18.5. The van der Waals surface area contributed by atoms with Crippen LogP contribution in [0.5, 0.6) is 0 Å². The van der Waals surface area contributed by atoms with Crippen molar-refractivity contribution in [1.82, 2.24) is 9.71 Å². The first-order valence-corrected chi connectivity index (χ1v) is 12.2. The van der Waals surface area contributed by atoms with Crippen molar-refractivity contribution < 1.29 is 17.9 Å². The van der Waals surface area contributed by atoms with Crippen LogP contribution in [0, 0.1) is 0 Å². The van der Waals surface area contributed by atoms with Crippen LogP contribution in [0.1, 0.15) is 35.6 Å². The van der Waals surface area contributed by atoms with Crippen LogP contribution in [0.4, 0.5) is 0 Å². The molecule has 0 aliphatic rings. The normalized spacial score (nSPS) is 11.3. The van der Waals surface area contributed by atoms with E-state index in [2.05, 4.69) is 21.8 Å². The lowest BCUT2D eigenvalue weighted by molar-refractivity contribution is -0.143. The zero-order valence-corrected chi connectivity index (χ0v) is 19.0. The highest BCUT2D eigenvalue weighted by atomic mass is 32.2. The number of hydrogen-bond donors (Lipinski definition) is 1. The van der Waals surface area contributed by atoms with Crippen molar-refractivity contribution in [3.63, 3.8) is 0 Å². The summed E-state index contributed by atoms with van der Waals surface area (Å²) in [7, 11) is -3.55. The van der Waals surface area contributed by atoms with Gasteiger partial charge in [-0.2, -0.15) is 0 Å². The van der Waals surface area contributed by atoms with Gasteiger partial charge < -0.3 is 4.74 Å². The van der Waals surface area contributed by atoms with Crippen molar-refractivity contribution in [2.45, 2.75) is 37.5 Å². The van der Waals surface area contributed by atoms with E-state index in [1.807, 2.05) is 24.4 Å². The molecule has 168 valence electrons. The van der Waals surface area contributed by atoms with Crippen LogP contribution in [0.15, 0.2) is 78.0 Å². The van der Waals surface area contributed by atoms with Crippen LogP contribution in [-0.4, -0.2) is 32.5 Å². The molecule has 1 N–H and O–H groups in total. The van der Waals surface area contributed by atoms with E-state index >= 15 is 0 Å². The van der Waals surface area contributed by atoms with E-state index in [9.17, 15) is 13.2 Å². The quantitative estimate of drug-likeness (QED) is 0.449. The summed E-state index contributed by atoms with van der Waals surface area (Å²) in [5.74, 6) is -0.220. The first-order valence-electron chi connectivity index (χ1n) is 10.7. The van der Waals surface area contributed by atoms with E-state index in [0.717, 1.165) is 22.3 Å². The van der Waals surface area contributed by atoms with Crippen molar-refractivity contribution in [2.24, 2.45) is 0 Å². The van der Waals surface area contributed by atoms with Gasteiger partial charge in [0.1, 0.15) is 0 Å². The summed E-state index contributed by atoms with van der Waals surface area (Å²) in [5.41, 5.74) is 4.23. The highest BCUT2D eigenvalue weighted by molar-refractivity contribution is 7.89. The zero-order valence-electron chi connectivity index (χ0n) is 18.2. The van der Waals surface area contributed by atoms with E-state index in [1.165, 1.54) is 0 Å². The number of esters is 1. The molecule has 3 rings (SSSR count). The summed E-state index contributed by atoms with van der Waals surface area (Å²) in [6.45, 7) is 2.44. The topological polar surface area (TPSA) is 85.4 Å². The number of ether oxygens (including phenoxy) is 1. The van der Waals surface area contributed by atoms with Gasteiger partial charge in [-0.1, -0.05) is 42.5 Å². The number of sulfonamides is 1. The number of rotatable bonds is 11. The Labute approximate surface area is 189 Å². The smallest absolute Gasteiger partial charge is 0.306 e. The molecular weight excluding hydrogens is 424 g/mol. The molecule has 1 heterocycles. The Kier molecular flexibility index (Phi) is 8.53. The minimum Gasteiger partial charge on any atom is -0.466 e. The molecule has 0 aliphatic carbocycles. The van der Waals surface area contributed by atoms with Gasteiger partial charge in [0.15, 0.2) is 0 Å². The SMILES string of the molecule is CCOC(=O)CCc1cc(CCNS(=O)(=O)c2ccccc2)cc(Cc2cccnc2)c1. The molecule has 0 saturated carbocycles. The summed E-state index contributed by atoms with van der Waals surface area (Å²) in [6.07, 6.45) is 5.71. The predicted molar refractivity (Wildman–Crippen MR) is 124 cm³/mol. The molecule has 0 fully saturated rings. The second-order valence-corrected chi connectivity index (χ2v) is 9.23. The Bertz CT molecular complexity index is 1120. The molecule has 0 spiro atoms. The van der Waals surface area contributed by atoms with Crippen LogP contribution >= 0.6 is 0 Å². The van der Waals surface area contributed by atoms with E-state index in [-0.39, 0.29) is 17.4 Å². The fourth-order valence-electron chi connectivity index (χ4n) is 3.46. The highest BCUT2D eigenvalue weighted by Crippen LogP contribution is 2.17. The van der Waals surface area contributed by atoms with Crippen molar-refractivity contribution >= 4 is 16.0 Å². The maximum absolute atomic E-state index is 12.5. The van der Waals surface area contributed by atoms with Gasteiger partial charge in [0.2, 0.25) is 10.0 Å². The van der Waals surface area contributed by atoms with Gasteiger partial charge in [0.25, 0.3) is 0 Å². The lowest BCUT2D eigenvalue weighted by atomic mass is 9.97. The number of carbonyl (C=O) groups excluding carboxylic acids is 1. The molecule has 6 nitrogen and oxygen atoms in total. The van der Waals surface area contributed by atoms with Crippen LogP contribution in [0.3, 0.4) is 0 Å². The van der Waals surface area contributed by atoms with Crippen molar-refractivity contribution in [1.29, 1.82) is 0 Å². The van der Waals surface area contributed by atoms with Gasteiger partial charge in [-0.05, 0) is 66.6 Å². The monoisotopic (exact) mass is 452 g/mol. The van der Waals surface area contributed by atoms with Crippen molar-refractivity contribution in [3.8, 4) is 0 Å². The molecule has 0 saturated heterocycles. The molecule has 7 heteroatoms. The fourth-order valence-corrected chi connectivity index (χ4v) is 4.51. The Hall–Kier alpha value is -3.03. The summed E-state index contributed by atoms with van der Waals surface area (Å²) in [5, 5.41) is 0.